The standard InChI is InChI=1S/C22H38O2/c1-3-5-7-9-10-17-14-18-16-22(24)20(21(18)15-17)13-12-19(23)11-8-6-4-2/h10,12-13,18-24H,3-9,11,14-16H2,1-2H3/t18-,19-,20+,21-,22+/m0/s1. The maximum atomic E-state index is 10.4. The molecule has 2 aliphatic carbocycles. The minimum Gasteiger partial charge on any atom is -0.392 e. The summed E-state index contributed by atoms with van der Waals surface area (Å²) in [6.07, 6.45) is 18.8. The van der Waals surface area contributed by atoms with Crippen molar-refractivity contribution in [3.63, 3.8) is 0 Å². The molecule has 0 bridgehead atoms. The first kappa shape index (κ1) is 19.7. The van der Waals surface area contributed by atoms with Crippen molar-refractivity contribution in [2.45, 2.75) is 96.7 Å². The van der Waals surface area contributed by atoms with Gasteiger partial charge in [0.2, 0.25) is 0 Å². The molecule has 2 heteroatoms. The van der Waals surface area contributed by atoms with Gasteiger partial charge < -0.3 is 10.2 Å². The lowest BCUT2D eigenvalue weighted by molar-refractivity contribution is 0.139. The first-order chi connectivity index (χ1) is 11.7. The summed E-state index contributed by atoms with van der Waals surface area (Å²) in [5, 5.41) is 20.5. The Morgan fingerprint density at radius 1 is 1.08 bits per heavy atom. The number of hydrogen-bond donors (Lipinski definition) is 2. The van der Waals surface area contributed by atoms with Gasteiger partial charge in [0.25, 0.3) is 0 Å². The Balaban J connectivity index is 1.83. The first-order valence-electron chi connectivity index (χ1n) is 10.4. The van der Waals surface area contributed by atoms with Gasteiger partial charge in [-0.3, -0.25) is 0 Å². The number of unbranched alkanes of at least 4 members (excludes halogenated alkanes) is 5. The Labute approximate surface area is 149 Å². The minimum absolute atomic E-state index is 0.208. The van der Waals surface area contributed by atoms with E-state index in [-0.39, 0.29) is 18.1 Å². The molecular weight excluding hydrogens is 296 g/mol. The molecule has 0 aromatic carbocycles. The van der Waals surface area contributed by atoms with Gasteiger partial charge in [0, 0.05) is 5.92 Å². The van der Waals surface area contributed by atoms with E-state index in [0.29, 0.717) is 11.8 Å². The van der Waals surface area contributed by atoms with Crippen LogP contribution in [-0.4, -0.2) is 22.4 Å². The van der Waals surface area contributed by atoms with E-state index in [1.54, 1.807) is 5.57 Å². The van der Waals surface area contributed by atoms with Gasteiger partial charge in [0.15, 0.2) is 0 Å². The molecule has 0 amide bonds. The van der Waals surface area contributed by atoms with Crippen LogP contribution in [0.2, 0.25) is 0 Å². The molecule has 24 heavy (non-hydrogen) atoms. The van der Waals surface area contributed by atoms with Crippen LogP contribution in [0.4, 0.5) is 0 Å². The molecule has 0 heterocycles. The summed E-state index contributed by atoms with van der Waals surface area (Å²) < 4.78 is 0. The minimum atomic E-state index is -0.340. The number of aliphatic hydroxyl groups excluding tert-OH is 2. The third-order valence-corrected chi connectivity index (χ3v) is 6.01. The molecule has 2 N–H and O–H groups in total. The Hall–Kier alpha value is -0.600. The van der Waals surface area contributed by atoms with E-state index in [1.165, 1.54) is 44.9 Å². The third-order valence-electron chi connectivity index (χ3n) is 6.01. The Bertz CT molecular complexity index is 412. The second-order valence-corrected chi connectivity index (χ2v) is 8.02. The lowest BCUT2D eigenvalue weighted by Gasteiger charge is -2.17. The molecule has 2 aliphatic rings. The summed E-state index contributed by atoms with van der Waals surface area (Å²) >= 11 is 0. The van der Waals surface area contributed by atoms with Crippen LogP contribution in [0.15, 0.2) is 23.8 Å². The Kier molecular flexibility index (Phi) is 8.55. The first-order valence-corrected chi connectivity index (χ1v) is 10.4. The zero-order valence-electron chi connectivity index (χ0n) is 15.8. The predicted molar refractivity (Wildman–Crippen MR) is 102 cm³/mol. The smallest absolute Gasteiger partial charge is 0.0721 e. The molecule has 2 nitrogen and oxygen atoms in total. The van der Waals surface area contributed by atoms with Gasteiger partial charge in [-0.05, 0) is 50.4 Å². The van der Waals surface area contributed by atoms with Crippen molar-refractivity contribution in [1.82, 2.24) is 0 Å². The fourth-order valence-electron chi connectivity index (χ4n) is 4.60. The van der Waals surface area contributed by atoms with Crippen molar-refractivity contribution in [1.29, 1.82) is 0 Å². The van der Waals surface area contributed by atoms with Crippen LogP contribution in [0, 0.1) is 17.8 Å². The predicted octanol–water partition coefficient (Wildman–Crippen LogP) is 5.40. The van der Waals surface area contributed by atoms with E-state index in [9.17, 15) is 10.2 Å². The zero-order valence-corrected chi connectivity index (χ0v) is 15.8. The van der Waals surface area contributed by atoms with E-state index < -0.39 is 0 Å². The van der Waals surface area contributed by atoms with Gasteiger partial charge in [0.05, 0.1) is 12.2 Å². The lowest BCUT2D eigenvalue weighted by Crippen LogP contribution is -2.17. The largest absolute Gasteiger partial charge is 0.392 e. The van der Waals surface area contributed by atoms with Crippen LogP contribution < -0.4 is 0 Å². The van der Waals surface area contributed by atoms with Gasteiger partial charge in [0.1, 0.15) is 0 Å². The Morgan fingerprint density at radius 3 is 2.58 bits per heavy atom. The fraction of sp³-hybridized carbons (Fsp3) is 0.818. The lowest BCUT2D eigenvalue weighted by atomic mass is 9.90. The summed E-state index contributed by atoms with van der Waals surface area (Å²) in [5.74, 6) is 1.50. The number of aliphatic hydroxyl groups is 2. The number of hydrogen-bond acceptors (Lipinski definition) is 2. The van der Waals surface area contributed by atoms with E-state index in [4.69, 9.17) is 0 Å². The van der Waals surface area contributed by atoms with E-state index >= 15 is 0 Å². The molecule has 2 rings (SSSR count). The molecule has 0 radical (unpaired) electrons. The quantitative estimate of drug-likeness (QED) is 0.415. The number of allylic oxidation sites excluding steroid dienone is 2. The molecular formula is C22H38O2. The normalized spacial score (nSPS) is 32.8. The van der Waals surface area contributed by atoms with Crippen LogP contribution in [0.5, 0.6) is 0 Å². The SMILES string of the molecule is CCCCCC=C1C[C@H]2C[C@@H](O)[C@H](C=C[C@@H](O)CCCCC)[C@H]2C1. The molecule has 0 unspecified atom stereocenters. The summed E-state index contributed by atoms with van der Waals surface area (Å²) in [4.78, 5) is 0. The van der Waals surface area contributed by atoms with Crippen LogP contribution >= 0.6 is 0 Å². The van der Waals surface area contributed by atoms with Crippen LogP contribution in [0.3, 0.4) is 0 Å². The molecule has 0 spiro atoms. The Morgan fingerprint density at radius 2 is 1.83 bits per heavy atom. The monoisotopic (exact) mass is 334 g/mol. The molecule has 2 saturated carbocycles. The highest BCUT2D eigenvalue weighted by atomic mass is 16.3. The molecule has 0 aromatic heterocycles. The molecule has 138 valence electrons. The van der Waals surface area contributed by atoms with Crippen LogP contribution in [-0.2, 0) is 0 Å². The van der Waals surface area contributed by atoms with Gasteiger partial charge in [-0.15, -0.1) is 0 Å². The van der Waals surface area contributed by atoms with Gasteiger partial charge in [-0.1, -0.05) is 69.8 Å². The summed E-state index contributed by atoms with van der Waals surface area (Å²) in [5.41, 5.74) is 1.62. The molecule has 0 aliphatic heterocycles. The van der Waals surface area contributed by atoms with Gasteiger partial charge >= 0.3 is 0 Å². The summed E-state index contributed by atoms with van der Waals surface area (Å²) in [6.45, 7) is 4.44. The maximum Gasteiger partial charge on any atom is 0.0721 e. The van der Waals surface area contributed by atoms with Crippen molar-refractivity contribution in [2.24, 2.45) is 17.8 Å². The molecule has 0 aromatic rings. The third kappa shape index (κ3) is 5.74. The van der Waals surface area contributed by atoms with Crippen LogP contribution in [0.1, 0.15) is 84.5 Å². The number of rotatable bonds is 10. The van der Waals surface area contributed by atoms with E-state index in [0.717, 1.165) is 25.7 Å². The highest BCUT2D eigenvalue weighted by molar-refractivity contribution is 5.17. The topological polar surface area (TPSA) is 40.5 Å². The maximum absolute atomic E-state index is 10.4. The highest BCUT2D eigenvalue weighted by Crippen LogP contribution is 2.50. The van der Waals surface area contributed by atoms with Crippen molar-refractivity contribution in [3.05, 3.63) is 23.8 Å². The van der Waals surface area contributed by atoms with E-state index in [2.05, 4.69) is 26.0 Å². The highest BCUT2D eigenvalue weighted by Gasteiger charge is 2.44. The summed E-state index contributed by atoms with van der Waals surface area (Å²) in [7, 11) is 0. The van der Waals surface area contributed by atoms with E-state index in [1.807, 2.05) is 6.08 Å². The average molecular weight is 335 g/mol. The van der Waals surface area contributed by atoms with Crippen molar-refractivity contribution in [2.75, 3.05) is 0 Å². The van der Waals surface area contributed by atoms with Crippen molar-refractivity contribution < 1.29 is 10.2 Å². The number of fused-ring (bicyclic) bond motifs is 1. The van der Waals surface area contributed by atoms with Crippen molar-refractivity contribution in [3.8, 4) is 0 Å². The second kappa shape index (κ2) is 10.4. The molecule has 2 fully saturated rings. The van der Waals surface area contributed by atoms with Crippen LogP contribution in [0.25, 0.3) is 0 Å². The fourth-order valence-corrected chi connectivity index (χ4v) is 4.60. The molecule has 5 atom stereocenters. The second-order valence-electron chi connectivity index (χ2n) is 8.02. The van der Waals surface area contributed by atoms with Crippen molar-refractivity contribution >= 4 is 0 Å². The van der Waals surface area contributed by atoms with Gasteiger partial charge in [-0.2, -0.15) is 0 Å². The average Bonchev–Trinajstić information content (AvgIpc) is 3.06. The molecule has 0 saturated heterocycles. The zero-order chi connectivity index (χ0) is 17.4. The van der Waals surface area contributed by atoms with Gasteiger partial charge in [-0.25, -0.2) is 0 Å². The summed E-state index contributed by atoms with van der Waals surface area (Å²) in [6, 6.07) is 0.